The lowest BCUT2D eigenvalue weighted by atomic mass is 10.0. The number of aliphatic hydroxyl groups is 1. The molecule has 0 radical (unpaired) electrons. The molecule has 1 aromatic heterocycles. The fourth-order valence-electron chi connectivity index (χ4n) is 1.76. The second-order valence-corrected chi connectivity index (χ2v) is 4.32. The van der Waals surface area contributed by atoms with Crippen LogP contribution in [0.3, 0.4) is 0 Å². The van der Waals surface area contributed by atoms with Crippen molar-refractivity contribution in [3.8, 4) is 0 Å². The van der Waals surface area contributed by atoms with Gasteiger partial charge in [-0.1, -0.05) is 0 Å². The van der Waals surface area contributed by atoms with Gasteiger partial charge >= 0.3 is 0 Å². The molecule has 1 aromatic rings. The molecule has 66 valence electrons. The first kappa shape index (κ1) is 8.23. The summed E-state index contributed by atoms with van der Waals surface area (Å²) in [6.45, 7) is 0.827. The van der Waals surface area contributed by atoms with E-state index in [1.807, 2.05) is 0 Å². The van der Waals surface area contributed by atoms with Crippen LogP contribution in [0.1, 0.15) is 17.9 Å². The van der Waals surface area contributed by atoms with Crippen molar-refractivity contribution in [3.05, 3.63) is 22.4 Å². The third kappa shape index (κ3) is 1.09. The fraction of sp³-hybridized carbons (Fsp3) is 0.556. The highest BCUT2D eigenvalue weighted by molar-refractivity contribution is 7.08. The van der Waals surface area contributed by atoms with E-state index in [0.717, 1.165) is 6.42 Å². The Morgan fingerprint density at radius 3 is 3.00 bits per heavy atom. The van der Waals surface area contributed by atoms with E-state index in [0.29, 0.717) is 12.5 Å². The monoisotopic (exact) mass is 183 g/mol. The van der Waals surface area contributed by atoms with Crippen LogP contribution in [-0.4, -0.2) is 18.3 Å². The topological polar surface area (TPSA) is 46.2 Å². The number of nitrogens with two attached hydrogens (primary N) is 1. The van der Waals surface area contributed by atoms with E-state index in [4.69, 9.17) is 10.8 Å². The van der Waals surface area contributed by atoms with Crippen molar-refractivity contribution >= 4 is 11.3 Å². The van der Waals surface area contributed by atoms with E-state index >= 15 is 0 Å². The van der Waals surface area contributed by atoms with Crippen molar-refractivity contribution in [3.63, 3.8) is 0 Å². The van der Waals surface area contributed by atoms with Gasteiger partial charge in [-0.15, -0.1) is 0 Å². The van der Waals surface area contributed by atoms with Crippen LogP contribution in [0.25, 0.3) is 0 Å². The Labute approximate surface area is 76.0 Å². The molecule has 3 heteroatoms. The molecule has 1 heterocycles. The first-order valence-corrected chi connectivity index (χ1v) is 5.10. The molecule has 1 fully saturated rings. The minimum atomic E-state index is 0.0150. The standard InChI is InChI=1S/C9H13NOS/c10-5-9(6-11)3-8(9)7-1-2-12-4-7/h1-2,4,8,11H,3,5-6,10H2/t8-,9-/m1/s1. The first-order chi connectivity index (χ1) is 5.82. The second kappa shape index (κ2) is 2.83. The highest BCUT2D eigenvalue weighted by Crippen LogP contribution is 2.58. The number of hydrogen-bond donors (Lipinski definition) is 2. The Morgan fingerprint density at radius 1 is 1.75 bits per heavy atom. The summed E-state index contributed by atoms with van der Waals surface area (Å²) < 4.78 is 0. The molecule has 0 unspecified atom stereocenters. The fourth-order valence-corrected chi connectivity index (χ4v) is 2.47. The van der Waals surface area contributed by atoms with E-state index in [9.17, 15) is 0 Å². The van der Waals surface area contributed by atoms with Gasteiger partial charge in [0.25, 0.3) is 0 Å². The molecule has 0 aromatic carbocycles. The number of rotatable bonds is 3. The number of thiophene rings is 1. The zero-order valence-corrected chi connectivity index (χ0v) is 7.68. The summed E-state index contributed by atoms with van der Waals surface area (Å²) in [6, 6.07) is 2.13. The Hall–Kier alpha value is -0.380. The predicted molar refractivity (Wildman–Crippen MR) is 50.3 cm³/mol. The molecule has 0 saturated heterocycles. The maximum atomic E-state index is 9.15. The van der Waals surface area contributed by atoms with Crippen LogP contribution in [0.15, 0.2) is 16.8 Å². The molecular formula is C9H13NOS. The summed E-state index contributed by atoms with van der Waals surface area (Å²) >= 11 is 1.71. The van der Waals surface area contributed by atoms with Crippen molar-refractivity contribution in [2.75, 3.05) is 13.2 Å². The first-order valence-electron chi connectivity index (χ1n) is 4.15. The molecular weight excluding hydrogens is 170 g/mol. The molecule has 0 aliphatic heterocycles. The van der Waals surface area contributed by atoms with Gasteiger partial charge in [0.05, 0.1) is 6.61 Å². The van der Waals surface area contributed by atoms with E-state index in [1.54, 1.807) is 11.3 Å². The summed E-state index contributed by atoms with van der Waals surface area (Å²) in [4.78, 5) is 0. The van der Waals surface area contributed by atoms with Crippen molar-refractivity contribution < 1.29 is 5.11 Å². The quantitative estimate of drug-likeness (QED) is 0.739. The maximum absolute atomic E-state index is 9.15. The summed E-state index contributed by atoms with van der Waals surface area (Å²) in [7, 11) is 0. The molecule has 2 rings (SSSR count). The molecule has 1 aliphatic carbocycles. The molecule has 0 amide bonds. The van der Waals surface area contributed by atoms with Crippen LogP contribution in [0, 0.1) is 5.41 Å². The third-order valence-corrected chi connectivity index (χ3v) is 3.56. The average Bonchev–Trinajstić information content (AvgIpc) is 2.59. The minimum absolute atomic E-state index is 0.0150. The van der Waals surface area contributed by atoms with Crippen LogP contribution < -0.4 is 5.73 Å². The lowest BCUT2D eigenvalue weighted by Gasteiger charge is -2.09. The van der Waals surface area contributed by atoms with E-state index in [2.05, 4.69) is 16.8 Å². The smallest absolute Gasteiger partial charge is 0.0505 e. The normalized spacial score (nSPS) is 33.7. The number of aliphatic hydroxyl groups excluding tert-OH is 1. The predicted octanol–water partition coefficient (Wildman–Crippen LogP) is 1.17. The zero-order valence-electron chi connectivity index (χ0n) is 6.86. The average molecular weight is 183 g/mol. The van der Waals surface area contributed by atoms with Crippen LogP contribution in [-0.2, 0) is 0 Å². The largest absolute Gasteiger partial charge is 0.396 e. The second-order valence-electron chi connectivity index (χ2n) is 3.54. The summed E-state index contributed by atoms with van der Waals surface area (Å²) in [5, 5.41) is 13.4. The van der Waals surface area contributed by atoms with Crippen LogP contribution in [0.4, 0.5) is 0 Å². The SMILES string of the molecule is NC[C@@]1(CO)C[C@@H]1c1ccsc1. The number of hydrogen-bond acceptors (Lipinski definition) is 3. The Kier molecular flexibility index (Phi) is 1.94. The van der Waals surface area contributed by atoms with E-state index < -0.39 is 0 Å². The van der Waals surface area contributed by atoms with Gasteiger partial charge in [0.1, 0.15) is 0 Å². The van der Waals surface area contributed by atoms with Crippen molar-refractivity contribution in [2.24, 2.45) is 11.1 Å². The molecule has 12 heavy (non-hydrogen) atoms. The molecule has 1 aliphatic rings. The van der Waals surface area contributed by atoms with Gasteiger partial charge in [-0.05, 0) is 34.7 Å². The lowest BCUT2D eigenvalue weighted by molar-refractivity contribution is 0.212. The van der Waals surface area contributed by atoms with Gasteiger partial charge in [-0.3, -0.25) is 0 Å². The van der Waals surface area contributed by atoms with Gasteiger partial charge in [0, 0.05) is 12.0 Å². The highest BCUT2D eigenvalue weighted by atomic mass is 32.1. The molecule has 2 nitrogen and oxygen atoms in total. The summed E-state index contributed by atoms with van der Waals surface area (Å²) in [6.07, 6.45) is 1.05. The van der Waals surface area contributed by atoms with E-state index in [-0.39, 0.29) is 12.0 Å². The summed E-state index contributed by atoms with van der Waals surface area (Å²) in [5.41, 5.74) is 6.98. The van der Waals surface area contributed by atoms with Gasteiger partial charge in [-0.2, -0.15) is 11.3 Å². The van der Waals surface area contributed by atoms with Crippen LogP contribution >= 0.6 is 11.3 Å². The minimum Gasteiger partial charge on any atom is -0.396 e. The molecule has 2 atom stereocenters. The van der Waals surface area contributed by atoms with Crippen molar-refractivity contribution in [1.29, 1.82) is 0 Å². The Morgan fingerprint density at radius 2 is 2.58 bits per heavy atom. The molecule has 0 bridgehead atoms. The lowest BCUT2D eigenvalue weighted by Crippen LogP contribution is -2.21. The maximum Gasteiger partial charge on any atom is 0.0505 e. The highest BCUT2D eigenvalue weighted by Gasteiger charge is 2.53. The van der Waals surface area contributed by atoms with E-state index in [1.165, 1.54) is 5.56 Å². The van der Waals surface area contributed by atoms with Gasteiger partial charge in [0.2, 0.25) is 0 Å². The van der Waals surface area contributed by atoms with Crippen LogP contribution in [0.2, 0.25) is 0 Å². The third-order valence-electron chi connectivity index (χ3n) is 2.86. The Balaban J connectivity index is 2.12. The van der Waals surface area contributed by atoms with Crippen molar-refractivity contribution in [2.45, 2.75) is 12.3 Å². The van der Waals surface area contributed by atoms with Gasteiger partial charge in [-0.25, -0.2) is 0 Å². The van der Waals surface area contributed by atoms with Gasteiger partial charge in [0.15, 0.2) is 0 Å². The molecule has 3 N–H and O–H groups in total. The molecule has 0 spiro atoms. The summed E-state index contributed by atoms with van der Waals surface area (Å²) in [5.74, 6) is 0.513. The van der Waals surface area contributed by atoms with Crippen molar-refractivity contribution in [1.82, 2.24) is 0 Å². The zero-order chi connectivity index (χ0) is 8.60. The van der Waals surface area contributed by atoms with Gasteiger partial charge < -0.3 is 10.8 Å². The molecule has 1 saturated carbocycles. The Bertz CT molecular complexity index is 254. The van der Waals surface area contributed by atoms with Crippen LogP contribution in [0.5, 0.6) is 0 Å².